The topological polar surface area (TPSA) is 70.0 Å². The summed E-state index contributed by atoms with van der Waals surface area (Å²) in [5.74, 6) is 0.0232. The summed E-state index contributed by atoms with van der Waals surface area (Å²) in [7, 11) is -3.13. The Balaban J connectivity index is 2.13. The molecular weight excluding hydrogens is 317 g/mol. The van der Waals surface area contributed by atoms with Gasteiger partial charge in [0.25, 0.3) is 0 Å². The molecule has 0 radical (unpaired) electrons. The van der Waals surface area contributed by atoms with Crippen molar-refractivity contribution < 1.29 is 21.6 Å². The summed E-state index contributed by atoms with van der Waals surface area (Å²) in [6.45, 7) is 0.295. The molecule has 0 aliphatic heterocycles. The van der Waals surface area contributed by atoms with Crippen LogP contribution < -0.4 is 5.32 Å². The van der Waals surface area contributed by atoms with Crippen LogP contribution in [0.4, 0.5) is 18.9 Å². The fraction of sp³-hybridized carbons (Fsp3) is 0.500. The van der Waals surface area contributed by atoms with Crippen LogP contribution in [0.15, 0.2) is 18.2 Å². The van der Waals surface area contributed by atoms with Crippen molar-refractivity contribution in [3.63, 3.8) is 0 Å². The van der Waals surface area contributed by atoms with Crippen molar-refractivity contribution in [2.45, 2.75) is 19.0 Å². The van der Waals surface area contributed by atoms with Crippen LogP contribution in [0.5, 0.6) is 0 Å². The third kappa shape index (κ3) is 4.13. The molecule has 0 unspecified atom stereocenters. The number of anilines is 1. The molecule has 2 rings (SSSR count). The molecule has 0 spiro atoms. The van der Waals surface area contributed by atoms with Crippen LogP contribution in [0.1, 0.15) is 24.0 Å². The number of halogens is 3. The predicted octanol–water partition coefficient (Wildman–Crippen LogP) is 2.81. The van der Waals surface area contributed by atoms with Crippen molar-refractivity contribution >= 4 is 15.5 Å². The van der Waals surface area contributed by atoms with Crippen LogP contribution in [0.25, 0.3) is 0 Å². The molecule has 1 N–H and O–H groups in total. The highest BCUT2D eigenvalue weighted by Gasteiger charge is 2.45. The molecule has 0 bridgehead atoms. The van der Waals surface area contributed by atoms with Gasteiger partial charge in [-0.25, -0.2) is 8.42 Å². The molecule has 0 amide bonds. The highest BCUT2D eigenvalue weighted by atomic mass is 32.2. The second kappa shape index (κ2) is 5.47. The summed E-state index contributed by atoms with van der Waals surface area (Å²) >= 11 is 0. The number of alkyl halides is 3. The maximum atomic E-state index is 12.9. The maximum Gasteiger partial charge on any atom is 0.417 e. The van der Waals surface area contributed by atoms with E-state index in [0.717, 1.165) is 31.2 Å². The average molecular weight is 332 g/mol. The van der Waals surface area contributed by atoms with E-state index in [4.69, 9.17) is 5.26 Å². The van der Waals surface area contributed by atoms with Gasteiger partial charge in [0.1, 0.15) is 9.84 Å². The summed E-state index contributed by atoms with van der Waals surface area (Å²) in [6, 6.07) is 4.91. The number of nitriles is 1. The Hall–Kier alpha value is -1.75. The summed E-state index contributed by atoms with van der Waals surface area (Å²) in [5.41, 5.74) is -1.59. The lowest BCUT2D eigenvalue weighted by Gasteiger charge is -2.17. The van der Waals surface area contributed by atoms with Gasteiger partial charge < -0.3 is 5.32 Å². The van der Waals surface area contributed by atoms with Gasteiger partial charge in [0, 0.05) is 23.9 Å². The molecule has 1 saturated carbocycles. The molecule has 0 aromatic heterocycles. The lowest BCUT2D eigenvalue weighted by molar-refractivity contribution is -0.137. The molecule has 120 valence electrons. The monoisotopic (exact) mass is 332 g/mol. The van der Waals surface area contributed by atoms with E-state index in [1.165, 1.54) is 12.1 Å². The Bertz CT molecular complexity index is 717. The van der Waals surface area contributed by atoms with Crippen LogP contribution >= 0.6 is 0 Å². The molecule has 22 heavy (non-hydrogen) atoms. The predicted molar refractivity (Wildman–Crippen MR) is 76.0 cm³/mol. The first-order valence-electron chi connectivity index (χ1n) is 6.58. The Kier molecular flexibility index (Phi) is 4.13. The SMILES string of the molecule is CS(=O)(=O)CC1(CNc2ccc(C#N)c(C(F)(F)F)c2)CC1. The van der Waals surface area contributed by atoms with Gasteiger partial charge in [-0.15, -0.1) is 0 Å². The van der Waals surface area contributed by atoms with Crippen LogP contribution in [0.2, 0.25) is 0 Å². The molecule has 0 atom stereocenters. The van der Waals surface area contributed by atoms with Crippen molar-refractivity contribution in [1.29, 1.82) is 5.26 Å². The third-order valence-corrected chi connectivity index (χ3v) is 4.78. The van der Waals surface area contributed by atoms with Crippen molar-refractivity contribution in [3.05, 3.63) is 29.3 Å². The molecule has 1 aromatic rings. The van der Waals surface area contributed by atoms with E-state index in [1.807, 2.05) is 0 Å². The highest BCUT2D eigenvalue weighted by Crippen LogP contribution is 2.46. The zero-order valence-electron chi connectivity index (χ0n) is 11.9. The van der Waals surface area contributed by atoms with Gasteiger partial charge in [-0.1, -0.05) is 0 Å². The maximum absolute atomic E-state index is 12.9. The number of benzene rings is 1. The number of rotatable bonds is 5. The smallest absolute Gasteiger partial charge is 0.384 e. The van der Waals surface area contributed by atoms with Crippen molar-refractivity contribution in [1.82, 2.24) is 0 Å². The first kappa shape index (κ1) is 16.6. The van der Waals surface area contributed by atoms with Gasteiger partial charge in [0.15, 0.2) is 0 Å². The van der Waals surface area contributed by atoms with Gasteiger partial charge in [0.05, 0.1) is 22.9 Å². The largest absolute Gasteiger partial charge is 0.417 e. The number of nitrogens with one attached hydrogen (secondary N) is 1. The van der Waals surface area contributed by atoms with Gasteiger partial charge in [-0.2, -0.15) is 18.4 Å². The molecular formula is C14H15F3N2O2S. The molecule has 1 aliphatic rings. The Labute approximate surface area is 126 Å². The lowest BCUT2D eigenvalue weighted by atomic mass is 10.1. The molecule has 1 aromatic carbocycles. The second-order valence-electron chi connectivity index (χ2n) is 5.79. The Morgan fingerprint density at radius 3 is 2.45 bits per heavy atom. The van der Waals surface area contributed by atoms with E-state index in [9.17, 15) is 21.6 Å². The van der Waals surface area contributed by atoms with E-state index in [2.05, 4.69) is 5.32 Å². The Morgan fingerprint density at radius 1 is 1.36 bits per heavy atom. The zero-order chi connectivity index (χ0) is 16.6. The zero-order valence-corrected chi connectivity index (χ0v) is 12.7. The number of hydrogen-bond acceptors (Lipinski definition) is 4. The lowest BCUT2D eigenvalue weighted by Crippen LogP contribution is -2.24. The summed E-state index contributed by atoms with van der Waals surface area (Å²) in [5, 5.41) is 11.6. The molecule has 0 heterocycles. The molecule has 8 heteroatoms. The van der Waals surface area contributed by atoms with Gasteiger partial charge in [0.2, 0.25) is 0 Å². The highest BCUT2D eigenvalue weighted by molar-refractivity contribution is 7.90. The van der Waals surface area contributed by atoms with Crippen molar-refractivity contribution in [3.8, 4) is 6.07 Å². The van der Waals surface area contributed by atoms with Crippen molar-refractivity contribution in [2.24, 2.45) is 5.41 Å². The molecule has 1 aliphatic carbocycles. The second-order valence-corrected chi connectivity index (χ2v) is 7.93. The quantitative estimate of drug-likeness (QED) is 0.900. The van der Waals surface area contributed by atoms with Gasteiger partial charge >= 0.3 is 6.18 Å². The number of sulfone groups is 1. The van der Waals surface area contributed by atoms with Crippen LogP contribution in [-0.4, -0.2) is 27.0 Å². The summed E-state index contributed by atoms with van der Waals surface area (Å²) < 4.78 is 61.3. The summed E-state index contributed by atoms with van der Waals surface area (Å²) in [6.07, 6.45) is -1.99. The molecule has 1 fully saturated rings. The molecule has 0 saturated heterocycles. The number of hydrogen-bond donors (Lipinski definition) is 1. The number of nitrogens with zero attached hydrogens (tertiary/aromatic N) is 1. The van der Waals surface area contributed by atoms with E-state index in [-0.39, 0.29) is 16.9 Å². The first-order valence-corrected chi connectivity index (χ1v) is 8.64. The van der Waals surface area contributed by atoms with E-state index < -0.39 is 27.1 Å². The van der Waals surface area contributed by atoms with E-state index >= 15 is 0 Å². The average Bonchev–Trinajstić information content (AvgIpc) is 3.13. The van der Waals surface area contributed by atoms with Gasteiger partial charge in [-0.3, -0.25) is 0 Å². The minimum absolute atomic E-state index is 0.0232. The van der Waals surface area contributed by atoms with E-state index in [1.54, 1.807) is 0 Å². The van der Waals surface area contributed by atoms with Gasteiger partial charge in [-0.05, 0) is 31.0 Å². The van der Waals surface area contributed by atoms with E-state index in [0.29, 0.717) is 6.54 Å². The Morgan fingerprint density at radius 2 is 2.00 bits per heavy atom. The standard InChI is InChI=1S/C14H15F3N2O2S/c1-22(20,21)9-13(4-5-13)8-19-11-3-2-10(7-18)12(6-11)14(15,16)17/h2-3,6,19H,4-5,8-9H2,1H3. The fourth-order valence-electron chi connectivity index (χ4n) is 2.38. The van der Waals surface area contributed by atoms with Crippen LogP contribution in [0, 0.1) is 16.7 Å². The first-order chi connectivity index (χ1) is 10.0. The summed E-state index contributed by atoms with van der Waals surface area (Å²) in [4.78, 5) is 0. The minimum Gasteiger partial charge on any atom is -0.384 e. The molecule has 4 nitrogen and oxygen atoms in total. The minimum atomic E-state index is -4.60. The van der Waals surface area contributed by atoms with Crippen LogP contribution in [-0.2, 0) is 16.0 Å². The third-order valence-electron chi connectivity index (χ3n) is 3.64. The normalized spacial score (nSPS) is 16.9. The van der Waals surface area contributed by atoms with Crippen LogP contribution in [0.3, 0.4) is 0 Å². The fourth-order valence-corrected chi connectivity index (χ4v) is 3.88. The van der Waals surface area contributed by atoms with Crippen molar-refractivity contribution in [2.75, 3.05) is 23.9 Å².